The second-order valence-electron chi connectivity index (χ2n) is 3.91. The van der Waals surface area contributed by atoms with Gasteiger partial charge >= 0.3 is 0 Å². The molecule has 0 aliphatic heterocycles. The van der Waals surface area contributed by atoms with Crippen molar-refractivity contribution in [3.63, 3.8) is 0 Å². The minimum absolute atomic E-state index is 0.0198. The lowest BCUT2D eigenvalue weighted by Crippen LogP contribution is -2.04. The van der Waals surface area contributed by atoms with Crippen molar-refractivity contribution in [1.82, 2.24) is 29.7 Å². The fourth-order valence-electron chi connectivity index (χ4n) is 1.88. The number of fused-ring (bicyclic) bond motifs is 1. The van der Waals surface area contributed by atoms with Crippen molar-refractivity contribution in [3.05, 3.63) is 30.1 Å². The number of nitrogens with zero attached hydrogens (tertiary/aromatic N) is 5. The van der Waals surface area contributed by atoms with Gasteiger partial charge in [0.25, 0.3) is 0 Å². The summed E-state index contributed by atoms with van der Waals surface area (Å²) in [5, 5.41) is 4.19. The van der Waals surface area contributed by atoms with E-state index in [2.05, 4.69) is 25.0 Å². The summed E-state index contributed by atoms with van der Waals surface area (Å²) in [5.74, 6) is 0.566. The van der Waals surface area contributed by atoms with Gasteiger partial charge in [-0.25, -0.2) is 19.6 Å². The van der Waals surface area contributed by atoms with Crippen molar-refractivity contribution < 1.29 is 4.79 Å². The number of rotatable bonds is 2. The van der Waals surface area contributed by atoms with Gasteiger partial charge in [0.1, 0.15) is 11.8 Å². The maximum atomic E-state index is 11.4. The van der Waals surface area contributed by atoms with Gasteiger partial charge in [0.2, 0.25) is 0 Å². The number of nitrogens with one attached hydrogen (secondary N) is 1. The highest BCUT2D eigenvalue weighted by Gasteiger charge is 2.15. The fourth-order valence-corrected chi connectivity index (χ4v) is 1.88. The number of aromatic amines is 1. The third-order valence-corrected chi connectivity index (χ3v) is 2.79. The lowest BCUT2D eigenvalue weighted by atomic mass is 10.2. The standard InChI is InChI=1S/C11H10N6O/c1-6-8(7(2)18)3-16-17(6)11-9-10(13-4-12-9)14-5-15-11/h3-5H,1-2H3,(H,12,13,14,15). The molecule has 90 valence electrons. The summed E-state index contributed by atoms with van der Waals surface area (Å²) in [5.41, 5.74) is 2.59. The van der Waals surface area contributed by atoms with Crippen LogP contribution in [-0.2, 0) is 0 Å². The van der Waals surface area contributed by atoms with E-state index in [1.165, 1.54) is 13.3 Å². The Morgan fingerprint density at radius 2 is 2.17 bits per heavy atom. The maximum absolute atomic E-state index is 11.4. The number of carbonyl (C=O) groups excluding carboxylic acids is 1. The first-order valence-corrected chi connectivity index (χ1v) is 5.38. The first kappa shape index (κ1) is 10.6. The summed E-state index contributed by atoms with van der Waals surface area (Å²) in [6, 6.07) is 0. The highest BCUT2D eigenvalue weighted by Crippen LogP contribution is 2.17. The van der Waals surface area contributed by atoms with Crippen molar-refractivity contribution in [2.45, 2.75) is 13.8 Å². The molecule has 3 rings (SSSR count). The van der Waals surface area contributed by atoms with Crippen LogP contribution in [0, 0.1) is 6.92 Å². The normalized spacial score (nSPS) is 11.0. The molecule has 0 radical (unpaired) electrons. The summed E-state index contributed by atoms with van der Waals surface area (Å²) < 4.78 is 1.61. The minimum atomic E-state index is -0.0198. The molecule has 0 unspecified atom stereocenters. The first-order chi connectivity index (χ1) is 8.68. The Morgan fingerprint density at radius 3 is 2.89 bits per heavy atom. The zero-order valence-corrected chi connectivity index (χ0v) is 9.88. The highest BCUT2D eigenvalue weighted by molar-refractivity contribution is 5.95. The van der Waals surface area contributed by atoms with E-state index in [0.717, 1.165) is 5.69 Å². The maximum Gasteiger partial charge on any atom is 0.182 e. The van der Waals surface area contributed by atoms with Crippen LogP contribution >= 0.6 is 0 Å². The van der Waals surface area contributed by atoms with Gasteiger partial charge in [-0.3, -0.25) is 4.79 Å². The van der Waals surface area contributed by atoms with E-state index in [1.807, 2.05) is 6.92 Å². The van der Waals surface area contributed by atoms with Crippen LogP contribution in [0.1, 0.15) is 23.0 Å². The van der Waals surface area contributed by atoms with Gasteiger partial charge in [0, 0.05) is 0 Å². The average molecular weight is 242 g/mol. The molecule has 1 N–H and O–H groups in total. The van der Waals surface area contributed by atoms with Gasteiger partial charge in [-0.05, 0) is 13.8 Å². The van der Waals surface area contributed by atoms with Crippen LogP contribution in [0.2, 0.25) is 0 Å². The van der Waals surface area contributed by atoms with Gasteiger partial charge in [-0.2, -0.15) is 5.10 Å². The number of Topliss-reactive ketones (excluding diaryl/α,β-unsaturated/α-hetero) is 1. The van der Waals surface area contributed by atoms with E-state index >= 15 is 0 Å². The van der Waals surface area contributed by atoms with E-state index in [1.54, 1.807) is 17.2 Å². The van der Waals surface area contributed by atoms with E-state index in [0.29, 0.717) is 22.5 Å². The number of H-pyrrole nitrogens is 1. The molecule has 0 fully saturated rings. The van der Waals surface area contributed by atoms with Crippen LogP contribution in [0.4, 0.5) is 0 Å². The number of hydrogen-bond acceptors (Lipinski definition) is 5. The molecule has 18 heavy (non-hydrogen) atoms. The monoisotopic (exact) mass is 242 g/mol. The second kappa shape index (κ2) is 3.73. The molecule has 0 amide bonds. The number of aromatic nitrogens is 6. The molecule has 0 spiro atoms. The largest absolute Gasteiger partial charge is 0.340 e. The predicted molar refractivity (Wildman–Crippen MR) is 63.5 cm³/mol. The van der Waals surface area contributed by atoms with Crippen LogP contribution in [0.25, 0.3) is 17.0 Å². The van der Waals surface area contributed by atoms with Gasteiger partial charge in [-0.1, -0.05) is 0 Å². The van der Waals surface area contributed by atoms with Crippen molar-refractivity contribution in [1.29, 1.82) is 0 Å². The smallest absolute Gasteiger partial charge is 0.182 e. The predicted octanol–water partition coefficient (Wildman–Crippen LogP) is 1.05. The number of imidazole rings is 1. The highest BCUT2D eigenvalue weighted by atomic mass is 16.1. The molecule has 3 aromatic rings. The van der Waals surface area contributed by atoms with Gasteiger partial charge < -0.3 is 4.98 Å². The number of hydrogen-bond donors (Lipinski definition) is 1. The molecule has 0 aromatic carbocycles. The molecule has 0 bridgehead atoms. The SMILES string of the molecule is CC(=O)c1cnn(-c2ncnc3nc[nH]c23)c1C. The molecule has 0 atom stereocenters. The fraction of sp³-hybridized carbons (Fsp3) is 0.182. The van der Waals surface area contributed by atoms with E-state index in [-0.39, 0.29) is 5.78 Å². The Morgan fingerprint density at radius 1 is 1.33 bits per heavy atom. The number of carbonyl (C=O) groups is 1. The molecule has 3 heterocycles. The average Bonchev–Trinajstić information content (AvgIpc) is 2.94. The van der Waals surface area contributed by atoms with Crippen LogP contribution in [0.5, 0.6) is 0 Å². The lowest BCUT2D eigenvalue weighted by molar-refractivity contribution is 0.101. The molecule has 7 heteroatoms. The first-order valence-electron chi connectivity index (χ1n) is 5.38. The van der Waals surface area contributed by atoms with E-state index in [9.17, 15) is 4.79 Å². The topological polar surface area (TPSA) is 89.3 Å². The van der Waals surface area contributed by atoms with Crippen molar-refractivity contribution >= 4 is 16.9 Å². The van der Waals surface area contributed by atoms with Crippen LogP contribution in [-0.4, -0.2) is 35.5 Å². The van der Waals surface area contributed by atoms with Crippen molar-refractivity contribution in [3.8, 4) is 5.82 Å². The molecular weight excluding hydrogens is 232 g/mol. The Bertz CT molecular complexity index is 741. The van der Waals surface area contributed by atoms with Gasteiger partial charge in [0.15, 0.2) is 17.2 Å². The summed E-state index contributed by atoms with van der Waals surface area (Å²) in [4.78, 5) is 26.7. The quantitative estimate of drug-likeness (QED) is 0.678. The zero-order chi connectivity index (χ0) is 12.7. The Kier molecular flexibility index (Phi) is 2.19. The number of ketones is 1. The van der Waals surface area contributed by atoms with Crippen molar-refractivity contribution in [2.24, 2.45) is 0 Å². The Labute approximate surface area is 102 Å². The van der Waals surface area contributed by atoms with Gasteiger partial charge in [0.05, 0.1) is 23.8 Å². The van der Waals surface area contributed by atoms with Crippen molar-refractivity contribution in [2.75, 3.05) is 0 Å². The lowest BCUT2D eigenvalue weighted by Gasteiger charge is -2.03. The van der Waals surface area contributed by atoms with Crippen LogP contribution in [0.15, 0.2) is 18.9 Å². The second-order valence-corrected chi connectivity index (χ2v) is 3.91. The molecule has 7 nitrogen and oxygen atoms in total. The van der Waals surface area contributed by atoms with Gasteiger partial charge in [-0.15, -0.1) is 0 Å². The van der Waals surface area contributed by atoms with E-state index in [4.69, 9.17) is 0 Å². The Hall–Kier alpha value is -2.57. The molecule has 0 saturated heterocycles. The van der Waals surface area contributed by atoms with E-state index < -0.39 is 0 Å². The molecule has 0 aliphatic carbocycles. The molecule has 0 aliphatic rings. The van der Waals surface area contributed by atoms with Crippen LogP contribution < -0.4 is 0 Å². The Balaban J connectivity index is 2.26. The minimum Gasteiger partial charge on any atom is -0.340 e. The van der Waals surface area contributed by atoms with Crippen LogP contribution in [0.3, 0.4) is 0 Å². The molecule has 0 saturated carbocycles. The summed E-state index contributed by atoms with van der Waals surface area (Å²) >= 11 is 0. The third-order valence-electron chi connectivity index (χ3n) is 2.79. The molecular formula is C11H10N6O. The zero-order valence-electron chi connectivity index (χ0n) is 9.88. The molecule has 3 aromatic heterocycles. The third kappa shape index (κ3) is 1.41. The summed E-state index contributed by atoms with van der Waals surface area (Å²) in [6.45, 7) is 3.34. The summed E-state index contributed by atoms with van der Waals surface area (Å²) in [7, 11) is 0. The summed E-state index contributed by atoms with van der Waals surface area (Å²) in [6.07, 6.45) is 4.52.